The van der Waals surface area contributed by atoms with E-state index in [9.17, 15) is 13.2 Å². The van der Waals surface area contributed by atoms with Crippen molar-refractivity contribution in [1.29, 1.82) is 0 Å². The van der Waals surface area contributed by atoms with E-state index in [2.05, 4.69) is 5.32 Å². The molecule has 9 heteroatoms. The van der Waals surface area contributed by atoms with Crippen molar-refractivity contribution in [1.82, 2.24) is 14.5 Å². The maximum absolute atomic E-state index is 13.1. The lowest BCUT2D eigenvalue weighted by Gasteiger charge is -2.30. The van der Waals surface area contributed by atoms with Gasteiger partial charge in [-0.05, 0) is 25.0 Å². The van der Waals surface area contributed by atoms with Gasteiger partial charge in [-0.25, -0.2) is 8.42 Å². The molecule has 0 bridgehead atoms. The topological polar surface area (TPSA) is 88.2 Å². The summed E-state index contributed by atoms with van der Waals surface area (Å²) in [6.45, 7) is 2.55. The second kappa shape index (κ2) is 7.81. The van der Waals surface area contributed by atoms with Crippen LogP contribution in [0.25, 0.3) is 0 Å². The molecule has 0 atom stereocenters. The second-order valence-corrected chi connectivity index (χ2v) is 8.32. The fraction of sp³-hybridized carbons (Fsp3) is 0.588. The number of nitrogens with one attached hydrogen (secondary N) is 1. The van der Waals surface area contributed by atoms with Crippen LogP contribution in [0, 0.1) is 0 Å². The highest BCUT2D eigenvalue weighted by molar-refractivity contribution is 7.89. The Hall–Kier alpha value is -1.84. The quantitative estimate of drug-likeness (QED) is 0.728. The number of sulfonamides is 1. The van der Waals surface area contributed by atoms with Gasteiger partial charge in [-0.1, -0.05) is 0 Å². The smallest absolute Gasteiger partial charge is 0.243 e. The molecule has 2 aliphatic rings. The van der Waals surface area contributed by atoms with Crippen LogP contribution in [0.4, 0.5) is 0 Å². The van der Waals surface area contributed by atoms with Crippen LogP contribution < -0.4 is 14.8 Å². The molecule has 0 radical (unpaired) electrons. The molecule has 1 aliphatic heterocycles. The molecule has 1 aromatic rings. The van der Waals surface area contributed by atoms with Crippen molar-refractivity contribution in [2.24, 2.45) is 0 Å². The van der Waals surface area contributed by atoms with Gasteiger partial charge in [-0.15, -0.1) is 0 Å². The molecular formula is C17H25N3O5S. The van der Waals surface area contributed by atoms with Gasteiger partial charge in [0, 0.05) is 38.3 Å². The molecular weight excluding hydrogens is 358 g/mol. The van der Waals surface area contributed by atoms with Gasteiger partial charge in [-0.3, -0.25) is 4.79 Å². The summed E-state index contributed by atoms with van der Waals surface area (Å²) in [5.41, 5.74) is 0. The molecule has 1 heterocycles. The Morgan fingerprint density at radius 2 is 1.85 bits per heavy atom. The third kappa shape index (κ3) is 3.94. The van der Waals surface area contributed by atoms with Crippen molar-refractivity contribution >= 4 is 15.9 Å². The van der Waals surface area contributed by atoms with E-state index in [0.29, 0.717) is 24.6 Å². The first-order valence-corrected chi connectivity index (χ1v) is 10.1. The van der Waals surface area contributed by atoms with Gasteiger partial charge >= 0.3 is 0 Å². The SMILES string of the molecule is COc1ccc(S(=O)(=O)N(CC(=O)N2CCNCC2)C2CC2)cc1OC. The first-order chi connectivity index (χ1) is 12.5. The molecule has 144 valence electrons. The number of hydrogen-bond donors (Lipinski definition) is 1. The summed E-state index contributed by atoms with van der Waals surface area (Å²) in [6, 6.07) is 4.38. The molecule has 2 fully saturated rings. The summed E-state index contributed by atoms with van der Waals surface area (Å²) in [4.78, 5) is 14.4. The van der Waals surface area contributed by atoms with Crippen molar-refractivity contribution in [3.63, 3.8) is 0 Å². The van der Waals surface area contributed by atoms with E-state index in [-0.39, 0.29) is 23.4 Å². The predicted molar refractivity (Wildman–Crippen MR) is 95.9 cm³/mol. The molecule has 1 N–H and O–H groups in total. The number of hydrogen-bond acceptors (Lipinski definition) is 6. The van der Waals surface area contributed by atoms with Crippen LogP contribution in [-0.4, -0.2) is 76.5 Å². The second-order valence-electron chi connectivity index (χ2n) is 6.43. The van der Waals surface area contributed by atoms with Crippen LogP contribution >= 0.6 is 0 Å². The number of nitrogens with zero attached hydrogens (tertiary/aromatic N) is 2. The summed E-state index contributed by atoms with van der Waals surface area (Å²) >= 11 is 0. The van der Waals surface area contributed by atoms with E-state index >= 15 is 0 Å². The zero-order valence-electron chi connectivity index (χ0n) is 15.1. The van der Waals surface area contributed by atoms with Gasteiger partial charge in [0.05, 0.1) is 25.7 Å². The Morgan fingerprint density at radius 3 is 2.42 bits per heavy atom. The normalized spacial score (nSPS) is 18.0. The number of amides is 1. The van der Waals surface area contributed by atoms with Gasteiger partial charge in [0.25, 0.3) is 0 Å². The zero-order chi connectivity index (χ0) is 18.7. The summed E-state index contributed by atoms with van der Waals surface area (Å²) in [5, 5.41) is 3.19. The number of rotatable bonds is 7. The van der Waals surface area contributed by atoms with Crippen LogP contribution in [0.3, 0.4) is 0 Å². The van der Waals surface area contributed by atoms with E-state index < -0.39 is 10.0 Å². The number of methoxy groups -OCH3 is 2. The number of piperazine rings is 1. The number of benzene rings is 1. The molecule has 1 saturated carbocycles. The highest BCUT2D eigenvalue weighted by Crippen LogP contribution is 2.35. The third-order valence-electron chi connectivity index (χ3n) is 4.68. The van der Waals surface area contributed by atoms with Crippen LogP contribution in [0.2, 0.25) is 0 Å². The van der Waals surface area contributed by atoms with Gasteiger partial charge in [0.2, 0.25) is 15.9 Å². The molecule has 0 spiro atoms. The lowest BCUT2D eigenvalue weighted by molar-refractivity contribution is -0.132. The number of carbonyl (C=O) groups is 1. The average molecular weight is 383 g/mol. The Labute approximate surface area is 154 Å². The van der Waals surface area contributed by atoms with E-state index in [1.54, 1.807) is 11.0 Å². The molecule has 1 saturated heterocycles. The Balaban J connectivity index is 1.83. The van der Waals surface area contributed by atoms with E-state index in [0.717, 1.165) is 25.9 Å². The Bertz CT molecular complexity index is 758. The lowest BCUT2D eigenvalue weighted by Crippen LogP contribution is -2.50. The van der Waals surface area contributed by atoms with Gasteiger partial charge in [0.15, 0.2) is 11.5 Å². The minimum Gasteiger partial charge on any atom is -0.493 e. The molecule has 1 aromatic carbocycles. The Kier molecular flexibility index (Phi) is 5.69. The summed E-state index contributed by atoms with van der Waals surface area (Å²) in [5.74, 6) is 0.654. The predicted octanol–water partition coefficient (Wildman–Crippen LogP) is 0.289. The van der Waals surface area contributed by atoms with Crippen molar-refractivity contribution in [2.75, 3.05) is 46.9 Å². The first-order valence-electron chi connectivity index (χ1n) is 8.69. The fourth-order valence-electron chi connectivity index (χ4n) is 3.03. The summed E-state index contributed by atoms with van der Waals surface area (Å²) < 4.78 is 38.0. The highest BCUT2D eigenvalue weighted by Gasteiger charge is 2.40. The van der Waals surface area contributed by atoms with E-state index in [4.69, 9.17) is 9.47 Å². The average Bonchev–Trinajstić information content (AvgIpc) is 3.50. The minimum absolute atomic E-state index is 0.107. The molecule has 8 nitrogen and oxygen atoms in total. The molecule has 0 aromatic heterocycles. The maximum Gasteiger partial charge on any atom is 0.243 e. The largest absolute Gasteiger partial charge is 0.493 e. The van der Waals surface area contributed by atoms with Gasteiger partial charge in [0.1, 0.15) is 0 Å². The van der Waals surface area contributed by atoms with Crippen molar-refractivity contribution in [3.8, 4) is 11.5 Å². The molecule has 3 rings (SSSR count). The lowest BCUT2D eigenvalue weighted by atomic mass is 10.3. The number of carbonyl (C=O) groups excluding carboxylic acids is 1. The summed E-state index contributed by atoms with van der Waals surface area (Å²) in [6.07, 6.45) is 1.56. The van der Waals surface area contributed by atoms with Crippen LogP contribution in [0.15, 0.2) is 23.1 Å². The van der Waals surface area contributed by atoms with E-state index in [1.165, 1.54) is 30.7 Å². The monoisotopic (exact) mass is 383 g/mol. The van der Waals surface area contributed by atoms with Crippen molar-refractivity contribution in [3.05, 3.63) is 18.2 Å². The third-order valence-corrected chi connectivity index (χ3v) is 6.57. The number of ether oxygens (including phenoxy) is 2. The van der Waals surface area contributed by atoms with Crippen molar-refractivity contribution < 1.29 is 22.7 Å². The molecule has 26 heavy (non-hydrogen) atoms. The summed E-state index contributed by atoms with van der Waals surface area (Å²) in [7, 11) is -0.841. The first kappa shape index (κ1) is 18.9. The fourth-order valence-corrected chi connectivity index (χ4v) is 4.68. The van der Waals surface area contributed by atoms with E-state index in [1.807, 2.05) is 0 Å². The molecule has 1 aliphatic carbocycles. The minimum atomic E-state index is -3.79. The highest BCUT2D eigenvalue weighted by atomic mass is 32.2. The molecule has 0 unspecified atom stereocenters. The molecule has 1 amide bonds. The van der Waals surface area contributed by atoms with Gasteiger partial charge in [-0.2, -0.15) is 4.31 Å². The van der Waals surface area contributed by atoms with Crippen LogP contribution in [-0.2, 0) is 14.8 Å². The van der Waals surface area contributed by atoms with Crippen molar-refractivity contribution in [2.45, 2.75) is 23.8 Å². The standard InChI is InChI=1S/C17H25N3O5S/c1-24-15-6-5-14(11-16(15)25-2)26(22,23)20(13-3-4-13)12-17(21)19-9-7-18-8-10-19/h5-6,11,13,18H,3-4,7-10,12H2,1-2H3. The maximum atomic E-state index is 13.1. The van der Waals surface area contributed by atoms with Gasteiger partial charge < -0.3 is 19.7 Å². The van der Waals surface area contributed by atoms with Crippen LogP contribution in [0.5, 0.6) is 11.5 Å². The zero-order valence-corrected chi connectivity index (χ0v) is 15.9. The Morgan fingerprint density at radius 1 is 1.19 bits per heavy atom. The van der Waals surface area contributed by atoms with Crippen LogP contribution in [0.1, 0.15) is 12.8 Å².